The lowest BCUT2D eigenvalue weighted by Crippen LogP contribution is -2.76. The van der Waals surface area contributed by atoms with E-state index >= 15 is 0 Å². The number of Topliss-reactive ketones (excluding diaryl/α,β-unsaturated/α-hetero) is 1. The highest BCUT2D eigenvalue weighted by Gasteiger charge is 2.51. The number of hydrogen-bond acceptors (Lipinski definition) is 6. The Balaban J connectivity index is 1.26. The van der Waals surface area contributed by atoms with Crippen LogP contribution in [-0.2, 0) is 36.1 Å². The number of phenolic OH excluding ortho intramolecular Hbond substituents is 1. The van der Waals surface area contributed by atoms with E-state index in [9.17, 15) is 24.3 Å². The molecule has 0 radical (unpaired) electrons. The van der Waals surface area contributed by atoms with Crippen LogP contribution in [0.3, 0.4) is 0 Å². The molecule has 0 spiro atoms. The number of aromatic hydroxyl groups is 1. The standard InChI is InChI=1S/C42H42N6O5/c1-4-21-46-27-39(51)47-37(22-29-13-19-34(50)20-14-29)41(52)45(26-38(47)48(46)42(53)43-23-30-9-6-5-7-10-30)24-33-11-8-12-35-36(25-44(3)40(33)35)32-17-15-31(16-18-32)28(2)49/h4-20,25,37-38,50H,1,21-24,26-27H2,2-3H3,(H,43,53). The van der Waals surface area contributed by atoms with Gasteiger partial charge in [-0.25, -0.2) is 14.8 Å². The Hall–Kier alpha value is -6.20. The summed E-state index contributed by atoms with van der Waals surface area (Å²) in [7, 11) is 1.97. The van der Waals surface area contributed by atoms with Crippen LogP contribution in [0.15, 0.2) is 116 Å². The summed E-state index contributed by atoms with van der Waals surface area (Å²) in [5.74, 6) is -0.380. The molecular formula is C42H42N6O5. The highest BCUT2D eigenvalue weighted by atomic mass is 16.3. The minimum absolute atomic E-state index is 0.00440. The molecule has 5 aromatic rings. The molecule has 11 nitrogen and oxygen atoms in total. The Kier molecular flexibility index (Phi) is 9.84. The first-order valence-electron chi connectivity index (χ1n) is 17.7. The number of amides is 4. The average molecular weight is 711 g/mol. The second-order valence-electron chi connectivity index (χ2n) is 13.6. The number of ketones is 1. The summed E-state index contributed by atoms with van der Waals surface area (Å²) in [6.45, 7) is 6.19. The van der Waals surface area contributed by atoms with Crippen molar-refractivity contribution >= 4 is 34.5 Å². The molecule has 4 aromatic carbocycles. The maximum atomic E-state index is 14.6. The Bertz CT molecular complexity index is 2180. The molecule has 2 fully saturated rings. The number of benzene rings is 4. The molecule has 0 bridgehead atoms. The van der Waals surface area contributed by atoms with Crippen molar-refractivity contribution in [3.05, 3.63) is 138 Å². The molecule has 2 aliphatic heterocycles. The fourth-order valence-corrected chi connectivity index (χ4v) is 7.55. The number of aromatic nitrogens is 1. The number of piperazine rings is 1. The third-order valence-corrected chi connectivity index (χ3v) is 10.1. The van der Waals surface area contributed by atoms with Crippen LogP contribution >= 0.6 is 0 Å². The number of rotatable bonds is 10. The second kappa shape index (κ2) is 14.8. The normalized spacial score (nSPS) is 17.6. The Morgan fingerprint density at radius 2 is 1.66 bits per heavy atom. The van der Waals surface area contributed by atoms with E-state index in [0.717, 1.165) is 38.7 Å². The topological polar surface area (TPSA) is 118 Å². The van der Waals surface area contributed by atoms with Crippen molar-refractivity contribution in [3.63, 3.8) is 0 Å². The van der Waals surface area contributed by atoms with Crippen LogP contribution in [0.2, 0.25) is 0 Å². The quantitative estimate of drug-likeness (QED) is 0.146. The molecule has 1 aromatic heterocycles. The number of carbonyl (C=O) groups is 4. The molecule has 53 heavy (non-hydrogen) atoms. The summed E-state index contributed by atoms with van der Waals surface area (Å²) >= 11 is 0. The van der Waals surface area contributed by atoms with Crippen molar-refractivity contribution in [1.29, 1.82) is 0 Å². The van der Waals surface area contributed by atoms with E-state index in [4.69, 9.17) is 0 Å². The van der Waals surface area contributed by atoms with Gasteiger partial charge in [0, 0.05) is 55.8 Å². The minimum Gasteiger partial charge on any atom is -0.508 e. The fraction of sp³-hybridized carbons (Fsp3) is 0.238. The van der Waals surface area contributed by atoms with Gasteiger partial charge in [-0.1, -0.05) is 91.0 Å². The smallest absolute Gasteiger partial charge is 0.334 e. The molecule has 2 saturated heterocycles. The Labute approximate surface area is 308 Å². The first kappa shape index (κ1) is 35.2. The van der Waals surface area contributed by atoms with Crippen molar-refractivity contribution < 1.29 is 24.3 Å². The average Bonchev–Trinajstić information content (AvgIpc) is 3.50. The van der Waals surface area contributed by atoms with E-state index in [0.29, 0.717) is 5.56 Å². The number of hydrogen-bond donors (Lipinski definition) is 2. The number of carbonyl (C=O) groups excluding carboxylic acids is 4. The zero-order valence-electron chi connectivity index (χ0n) is 29.8. The van der Waals surface area contributed by atoms with Gasteiger partial charge in [-0.3, -0.25) is 14.4 Å². The molecule has 2 unspecified atom stereocenters. The first-order chi connectivity index (χ1) is 25.6. The molecule has 2 aliphatic rings. The lowest BCUT2D eigenvalue weighted by Gasteiger charge is -2.55. The van der Waals surface area contributed by atoms with E-state index in [1.54, 1.807) is 57.1 Å². The van der Waals surface area contributed by atoms with Gasteiger partial charge in [0.15, 0.2) is 5.78 Å². The first-order valence-corrected chi connectivity index (χ1v) is 17.7. The van der Waals surface area contributed by atoms with Crippen molar-refractivity contribution in [2.24, 2.45) is 7.05 Å². The molecule has 0 aliphatic carbocycles. The van der Waals surface area contributed by atoms with Gasteiger partial charge in [0.05, 0.1) is 18.6 Å². The van der Waals surface area contributed by atoms with E-state index in [-0.39, 0.29) is 68.5 Å². The third-order valence-electron chi connectivity index (χ3n) is 10.1. The highest BCUT2D eigenvalue weighted by molar-refractivity contribution is 5.99. The molecule has 270 valence electrons. The molecule has 7 rings (SSSR count). The third kappa shape index (κ3) is 7.03. The zero-order valence-corrected chi connectivity index (χ0v) is 29.8. The van der Waals surface area contributed by atoms with Crippen molar-refractivity contribution in [1.82, 2.24) is 29.7 Å². The van der Waals surface area contributed by atoms with Gasteiger partial charge in [0.1, 0.15) is 18.0 Å². The number of phenols is 1. The number of hydrazine groups is 1. The van der Waals surface area contributed by atoms with Gasteiger partial charge in [-0.15, -0.1) is 6.58 Å². The molecule has 3 heterocycles. The van der Waals surface area contributed by atoms with Crippen molar-refractivity contribution in [2.45, 2.75) is 38.6 Å². The maximum Gasteiger partial charge on any atom is 0.334 e. The van der Waals surface area contributed by atoms with Crippen molar-refractivity contribution in [3.8, 4) is 16.9 Å². The summed E-state index contributed by atoms with van der Waals surface area (Å²) in [5.41, 5.74) is 6.17. The van der Waals surface area contributed by atoms with Crippen molar-refractivity contribution in [2.75, 3.05) is 19.6 Å². The summed E-state index contributed by atoms with van der Waals surface area (Å²) < 4.78 is 2.05. The van der Waals surface area contributed by atoms with Gasteiger partial charge in [0.25, 0.3) is 0 Å². The lowest BCUT2D eigenvalue weighted by atomic mass is 9.97. The van der Waals surface area contributed by atoms with Gasteiger partial charge < -0.3 is 24.8 Å². The van der Waals surface area contributed by atoms with Gasteiger partial charge in [0.2, 0.25) is 11.8 Å². The van der Waals surface area contributed by atoms with Crippen LogP contribution < -0.4 is 5.32 Å². The number of aryl methyl sites for hydroxylation is 1. The van der Waals surface area contributed by atoms with Gasteiger partial charge in [-0.2, -0.15) is 0 Å². The summed E-state index contributed by atoms with van der Waals surface area (Å²) in [6, 6.07) is 28.5. The minimum atomic E-state index is -0.899. The number of para-hydroxylation sites is 1. The van der Waals surface area contributed by atoms with E-state index in [1.807, 2.05) is 84.4 Å². The molecular weight excluding hydrogens is 668 g/mol. The van der Waals surface area contributed by atoms with E-state index in [1.165, 1.54) is 0 Å². The van der Waals surface area contributed by atoms with Gasteiger partial charge >= 0.3 is 6.03 Å². The molecule has 4 amide bonds. The molecule has 11 heteroatoms. The van der Waals surface area contributed by atoms with Crippen LogP contribution in [0.25, 0.3) is 22.0 Å². The largest absolute Gasteiger partial charge is 0.508 e. The zero-order chi connectivity index (χ0) is 37.2. The number of nitrogens with zero attached hydrogens (tertiary/aromatic N) is 5. The molecule has 2 N–H and O–H groups in total. The van der Waals surface area contributed by atoms with Crippen LogP contribution in [0.4, 0.5) is 4.79 Å². The summed E-state index contributed by atoms with van der Waals surface area (Å²) in [5, 5.41) is 17.2. The predicted molar refractivity (Wildman–Crippen MR) is 202 cm³/mol. The molecule has 0 saturated carbocycles. The number of nitrogens with one attached hydrogen (secondary N) is 1. The molecule has 2 atom stereocenters. The van der Waals surface area contributed by atoms with E-state index < -0.39 is 12.2 Å². The van der Waals surface area contributed by atoms with Crippen LogP contribution in [-0.4, -0.2) is 85.0 Å². The van der Waals surface area contributed by atoms with Crippen LogP contribution in [0, 0.1) is 0 Å². The fourth-order valence-electron chi connectivity index (χ4n) is 7.55. The predicted octanol–water partition coefficient (Wildman–Crippen LogP) is 5.49. The number of fused-ring (bicyclic) bond motifs is 2. The van der Waals surface area contributed by atoms with E-state index in [2.05, 4.69) is 18.1 Å². The van der Waals surface area contributed by atoms with Gasteiger partial charge in [-0.05, 0) is 41.3 Å². The van der Waals surface area contributed by atoms with Crippen LogP contribution in [0.1, 0.15) is 34.0 Å². The monoisotopic (exact) mass is 710 g/mol. The van der Waals surface area contributed by atoms with Crippen LogP contribution in [0.5, 0.6) is 5.75 Å². The second-order valence-corrected chi connectivity index (χ2v) is 13.6. The summed E-state index contributed by atoms with van der Waals surface area (Å²) in [6.07, 6.45) is 3.11. The maximum absolute atomic E-state index is 14.6. The SMILES string of the molecule is C=CCN1CC(=O)N2C(Cc3ccc(O)cc3)C(=O)N(Cc3cccc4c(-c5ccc(C(C)=O)cc5)cn(C)c34)CC2N1C(=O)NCc1ccccc1. The lowest BCUT2D eigenvalue weighted by molar-refractivity contribution is -0.189. The highest BCUT2D eigenvalue weighted by Crippen LogP contribution is 2.35. The Morgan fingerprint density at radius 1 is 0.925 bits per heavy atom. The Morgan fingerprint density at radius 3 is 2.36 bits per heavy atom. The summed E-state index contributed by atoms with van der Waals surface area (Å²) in [4.78, 5) is 58.0. The number of urea groups is 1.